The number of nitrogens with zero attached hydrogens (tertiary/aromatic N) is 1. The summed E-state index contributed by atoms with van der Waals surface area (Å²) in [6.45, 7) is 8.36. The fourth-order valence-electron chi connectivity index (χ4n) is 3.75. The Bertz CT molecular complexity index is 737. The van der Waals surface area contributed by atoms with Crippen LogP contribution >= 0.6 is 0 Å². The summed E-state index contributed by atoms with van der Waals surface area (Å²) in [5, 5.41) is 0. The topological polar surface area (TPSA) is 54.5 Å². The normalized spacial score (nSPS) is 16.8. The number of rotatable bonds is 1. The number of aryl methyl sites for hydroxylation is 2. The number of hydrogen-bond acceptors (Lipinski definition) is 3. The average Bonchev–Trinajstić information content (AvgIpc) is 2.56. The molecule has 0 atom stereocenters. The van der Waals surface area contributed by atoms with E-state index in [0.29, 0.717) is 38.8 Å². The van der Waals surface area contributed by atoms with Gasteiger partial charge in [0.2, 0.25) is 5.91 Å². The summed E-state index contributed by atoms with van der Waals surface area (Å²) in [5.41, 5.74) is 3.63. The minimum absolute atomic E-state index is 0.00123. The number of hydrogen-bond donors (Lipinski definition) is 0. The number of carbonyl (C=O) groups excluding carboxylic acids is 3. The van der Waals surface area contributed by atoms with E-state index in [-0.39, 0.29) is 17.5 Å². The number of benzene rings is 1. The van der Waals surface area contributed by atoms with Crippen LogP contribution in [0.3, 0.4) is 0 Å². The molecule has 2 rings (SSSR count). The van der Waals surface area contributed by atoms with Crippen molar-refractivity contribution < 1.29 is 14.4 Å². The summed E-state index contributed by atoms with van der Waals surface area (Å²) >= 11 is 0. The van der Waals surface area contributed by atoms with Gasteiger partial charge in [-0.05, 0) is 62.4 Å². The van der Waals surface area contributed by atoms with Crippen molar-refractivity contribution in [2.24, 2.45) is 0 Å². The van der Waals surface area contributed by atoms with E-state index in [4.69, 9.17) is 0 Å². The first-order chi connectivity index (χ1) is 12.3. The zero-order valence-corrected chi connectivity index (χ0v) is 16.1. The Labute approximate surface area is 156 Å². The molecular formula is C22H27NO3. The molecule has 1 aliphatic heterocycles. The van der Waals surface area contributed by atoms with E-state index in [2.05, 4.69) is 11.8 Å². The standard InChI is InChI=1S/C22H27NO3/c1-5-8-18-13-15(2)21(16(3)14-18)22-19(25)9-6-11-23(17(4)24)12-7-10-20(22)26/h13-14,22H,6-7,9-12H2,1-4H3. The Morgan fingerprint density at radius 1 is 1.04 bits per heavy atom. The average molecular weight is 353 g/mol. The molecule has 1 aliphatic rings. The van der Waals surface area contributed by atoms with Crippen LogP contribution in [0.1, 0.15) is 67.7 Å². The monoisotopic (exact) mass is 353 g/mol. The smallest absolute Gasteiger partial charge is 0.219 e. The van der Waals surface area contributed by atoms with Crippen LogP contribution in [0.15, 0.2) is 12.1 Å². The van der Waals surface area contributed by atoms with Gasteiger partial charge in [0.25, 0.3) is 0 Å². The fourth-order valence-corrected chi connectivity index (χ4v) is 3.75. The SMILES string of the molecule is CC#Cc1cc(C)c(C2C(=O)CCCN(C(C)=O)CCCC2=O)c(C)c1. The van der Waals surface area contributed by atoms with Gasteiger partial charge in [0.15, 0.2) is 0 Å². The largest absolute Gasteiger partial charge is 0.343 e. The highest BCUT2D eigenvalue weighted by Gasteiger charge is 2.31. The summed E-state index contributed by atoms with van der Waals surface area (Å²) in [4.78, 5) is 39.1. The van der Waals surface area contributed by atoms with E-state index in [1.54, 1.807) is 11.8 Å². The van der Waals surface area contributed by atoms with Gasteiger partial charge < -0.3 is 4.90 Å². The maximum absolute atomic E-state index is 12.9. The fraction of sp³-hybridized carbons (Fsp3) is 0.500. The van der Waals surface area contributed by atoms with Gasteiger partial charge in [-0.25, -0.2) is 0 Å². The Hall–Kier alpha value is -2.41. The predicted molar refractivity (Wildman–Crippen MR) is 102 cm³/mol. The summed E-state index contributed by atoms with van der Waals surface area (Å²) in [6.07, 6.45) is 1.82. The second-order valence-electron chi connectivity index (χ2n) is 6.98. The molecule has 1 saturated heterocycles. The maximum atomic E-state index is 12.9. The number of ketones is 2. The van der Waals surface area contributed by atoms with Crippen molar-refractivity contribution >= 4 is 17.5 Å². The lowest BCUT2D eigenvalue weighted by Crippen LogP contribution is -2.34. The molecule has 0 aromatic heterocycles. The van der Waals surface area contributed by atoms with Gasteiger partial charge >= 0.3 is 0 Å². The third-order valence-corrected chi connectivity index (χ3v) is 4.94. The summed E-state index contributed by atoms with van der Waals surface area (Å²) in [7, 11) is 0. The van der Waals surface area contributed by atoms with Crippen molar-refractivity contribution in [1.82, 2.24) is 4.90 Å². The van der Waals surface area contributed by atoms with E-state index in [9.17, 15) is 14.4 Å². The first kappa shape index (κ1) is 19.9. The van der Waals surface area contributed by atoms with Gasteiger partial charge in [0, 0.05) is 38.4 Å². The van der Waals surface area contributed by atoms with E-state index >= 15 is 0 Å². The van der Waals surface area contributed by atoms with Gasteiger partial charge in [-0.3, -0.25) is 14.4 Å². The van der Waals surface area contributed by atoms with Gasteiger partial charge in [0.05, 0.1) is 0 Å². The Balaban J connectivity index is 2.35. The molecule has 1 fully saturated rings. The number of Topliss-reactive ketones (excluding diaryl/α,β-unsaturated/α-hetero) is 2. The molecule has 0 radical (unpaired) electrons. The molecule has 26 heavy (non-hydrogen) atoms. The first-order valence-corrected chi connectivity index (χ1v) is 9.20. The highest BCUT2D eigenvalue weighted by molar-refractivity contribution is 6.08. The molecule has 1 heterocycles. The minimum Gasteiger partial charge on any atom is -0.343 e. The van der Waals surface area contributed by atoms with Crippen LogP contribution in [-0.4, -0.2) is 35.5 Å². The maximum Gasteiger partial charge on any atom is 0.219 e. The lowest BCUT2D eigenvalue weighted by molar-refractivity contribution is -0.133. The predicted octanol–water partition coefficient (Wildman–Crippen LogP) is 3.32. The van der Waals surface area contributed by atoms with Gasteiger partial charge in [0.1, 0.15) is 17.5 Å². The van der Waals surface area contributed by atoms with Crippen LogP contribution in [0.4, 0.5) is 0 Å². The highest BCUT2D eigenvalue weighted by Crippen LogP contribution is 2.30. The third-order valence-electron chi connectivity index (χ3n) is 4.94. The molecule has 1 aromatic rings. The van der Waals surface area contributed by atoms with Crippen molar-refractivity contribution in [3.63, 3.8) is 0 Å². The highest BCUT2D eigenvalue weighted by atomic mass is 16.2. The second kappa shape index (κ2) is 8.80. The van der Waals surface area contributed by atoms with Gasteiger partial charge in [-0.15, -0.1) is 5.92 Å². The van der Waals surface area contributed by atoms with E-state index in [0.717, 1.165) is 22.3 Å². The Morgan fingerprint density at radius 2 is 1.54 bits per heavy atom. The van der Waals surface area contributed by atoms with E-state index in [1.165, 1.54) is 6.92 Å². The Kier molecular flexibility index (Phi) is 6.74. The molecule has 1 aromatic carbocycles. The van der Waals surface area contributed by atoms with Crippen LogP contribution in [0.25, 0.3) is 0 Å². The summed E-state index contributed by atoms with van der Waals surface area (Å²) in [6, 6.07) is 3.91. The lowest BCUT2D eigenvalue weighted by atomic mass is 9.81. The van der Waals surface area contributed by atoms with Gasteiger partial charge in [-0.2, -0.15) is 0 Å². The lowest BCUT2D eigenvalue weighted by Gasteiger charge is -2.25. The molecule has 0 saturated carbocycles. The Morgan fingerprint density at radius 3 is 1.96 bits per heavy atom. The zero-order chi connectivity index (χ0) is 19.3. The number of carbonyl (C=O) groups is 3. The molecule has 0 aliphatic carbocycles. The molecule has 0 N–H and O–H groups in total. The van der Waals surface area contributed by atoms with Crippen LogP contribution < -0.4 is 0 Å². The third kappa shape index (κ3) is 4.60. The van der Waals surface area contributed by atoms with Crippen LogP contribution in [0.2, 0.25) is 0 Å². The summed E-state index contributed by atoms with van der Waals surface area (Å²) < 4.78 is 0. The molecule has 4 nitrogen and oxygen atoms in total. The zero-order valence-electron chi connectivity index (χ0n) is 16.1. The van der Waals surface area contributed by atoms with Crippen LogP contribution in [-0.2, 0) is 14.4 Å². The molecule has 1 amide bonds. The van der Waals surface area contributed by atoms with Crippen LogP contribution in [0.5, 0.6) is 0 Å². The number of amides is 1. The van der Waals surface area contributed by atoms with Crippen LogP contribution in [0, 0.1) is 25.7 Å². The molecule has 0 unspecified atom stereocenters. The summed E-state index contributed by atoms with van der Waals surface area (Å²) in [5.74, 6) is 5.15. The van der Waals surface area contributed by atoms with Crippen molar-refractivity contribution in [2.45, 2.75) is 59.3 Å². The molecule has 138 valence electrons. The molecular weight excluding hydrogens is 326 g/mol. The quantitative estimate of drug-likeness (QED) is 0.575. The minimum atomic E-state index is -0.692. The van der Waals surface area contributed by atoms with Crippen molar-refractivity contribution in [1.29, 1.82) is 0 Å². The van der Waals surface area contributed by atoms with Crippen molar-refractivity contribution in [3.8, 4) is 11.8 Å². The molecule has 0 spiro atoms. The van der Waals surface area contributed by atoms with Crippen molar-refractivity contribution in [3.05, 3.63) is 34.4 Å². The molecule has 0 bridgehead atoms. The van der Waals surface area contributed by atoms with Crippen molar-refractivity contribution in [2.75, 3.05) is 13.1 Å². The van der Waals surface area contributed by atoms with E-state index < -0.39 is 5.92 Å². The second-order valence-corrected chi connectivity index (χ2v) is 6.98. The molecule has 4 heteroatoms. The van der Waals surface area contributed by atoms with E-state index in [1.807, 2.05) is 26.0 Å². The van der Waals surface area contributed by atoms with Gasteiger partial charge in [-0.1, -0.05) is 5.92 Å². The first-order valence-electron chi connectivity index (χ1n) is 9.20.